The minimum atomic E-state index is -1.99. The molecule has 15 atom stereocenters. The molecule has 3 aliphatic rings. The van der Waals surface area contributed by atoms with Crippen molar-refractivity contribution in [1.29, 1.82) is 0 Å². The summed E-state index contributed by atoms with van der Waals surface area (Å²) in [5.74, 6) is -1.35. The van der Waals surface area contributed by atoms with Crippen LogP contribution in [-0.2, 0) is 23.7 Å². The molecule has 0 saturated carbocycles. The normalized spacial score (nSPS) is 52.5. The minimum Gasteiger partial charge on any atom is -0.396 e. The van der Waals surface area contributed by atoms with Gasteiger partial charge in [-0.15, -0.1) is 0 Å². The van der Waals surface area contributed by atoms with Crippen molar-refractivity contribution in [2.24, 2.45) is 5.92 Å². The molecule has 0 radical (unpaired) electrons. The Morgan fingerprint density at radius 2 is 1.09 bits per heavy atom. The molecule has 0 aliphatic carbocycles. The van der Waals surface area contributed by atoms with Crippen LogP contribution in [0.5, 0.6) is 0 Å². The molecule has 3 saturated heterocycles. The van der Waals surface area contributed by atoms with Gasteiger partial charge in [0.05, 0.1) is 31.8 Å². The Hall–Kier alpha value is -0.640. The Labute approximate surface area is 192 Å². The van der Waals surface area contributed by atoms with Crippen molar-refractivity contribution in [2.75, 3.05) is 19.8 Å². The van der Waals surface area contributed by atoms with E-state index in [1.165, 1.54) is 0 Å². The summed E-state index contributed by atoms with van der Waals surface area (Å²) in [7, 11) is 0. The Morgan fingerprint density at radius 1 is 0.471 bits per heavy atom. The Kier molecular flexibility index (Phi) is 9.54. The summed E-state index contributed by atoms with van der Waals surface area (Å²) in [6.45, 7) is -2.31. The van der Waals surface area contributed by atoms with Gasteiger partial charge >= 0.3 is 0 Å². The molecule has 0 aromatic heterocycles. The molecule has 0 aromatic rings. The van der Waals surface area contributed by atoms with Crippen LogP contribution in [0.3, 0.4) is 0 Å². The third-order valence-corrected chi connectivity index (χ3v) is 6.16. The monoisotopic (exact) mass is 504 g/mol. The number of hydrogen-bond donors (Lipinski definition) is 11. The van der Waals surface area contributed by atoms with Crippen molar-refractivity contribution in [3.8, 4) is 0 Å². The first kappa shape index (κ1) is 27.9. The largest absolute Gasteiger partial charge is 0.396 e. The van der Waals surface area contributed by atoms with E-state index in [1.807, 2.05) is 0 Å². The molecule has 16 nitrogen and oxygen atoms in total. The smallest absolute Gasteiger partial charge is 0.187 e. The molecule has 34 heavy (non-hydrogen) atoms. The van der Waals surface area contributed by atoms with Crippen LogP contribution >= 0.6 is 0 Å². The zero-order valence-corrected chi connectivity index (χ0v) is 17.7. The summed E-state index contributed by atoms with van der Waals surface area (Å²) < 4.78 is 26.2. The van der Waals surface area contributed by atoms with Crippen LogP contribution in [0.25, 0.3) is 0 Å². The number of hydrogen-bond acceptors (Lipinski definition) is 16. The fraction of sp³-hybridized carbons (Fsp3) is 1.00. The lowest BCUT2D eigenvalue weighted by molar-refractivity contribution is -0.395. The average Bonchev–Trinajstić information content (AvgIpc) is 2.81. The maximum atomic E-state index is 10.7. The predicted molar refractivity (Wildman–Crippen MR) is 101 cm³/mol. The SMILES string of the molecule is OCC1OC(OC2C(O)OC(OC3C(CO)OC(O)C(O)C3O)C(CO)C2O)C(O)C(O)C1O. The molecular formula is C18H32O16. The van der Waals surface area contributed by atoms with Gasteiger partial charge in [0.15, 0.2) is 25.2 Å². The van der Waals surface area contributed by atoms with Gasteiger partial charge in [-0.25, -0.2) is 0 Å². The van der Waals surface area contributed by atoms with Gasteiger partial charge in [0, 0.05) is 0 Å². The zero-order chi connectivity index (χ0) is 25.3. The maximum Gasteiger partial charge on any atom is 0.187 e. The van der Waals surface area contributed by atoms with Crippen LogP contribution in [0, 0.1) is 5.92 Å². The molecular weight excluding hydrogens is 472 g/mol. The first-order valence-corrected chi connectivity index (χ1v) is 10.6. The maximum absolute atomic E-state index is 10.7. The third-order valence-electron chi connectivity index (χ3n) is 6.16. The number of aliphatic hydroxyl groups excluding tert-OH is 11. The molecule has 15 unspecified atom stereocenters. The van der Waals surface area contributed by atoms with Crippen molar-refractivity contribution in [1.82, 2.24) is 0 Å². The minimum absolute atomic E-state index is 0.745. The Balaban J connectivity index is 1.72. The fourth-order valence-electron chi connectivity index (χ4n) is 4.09. The van der Waals surface area contributed by atoms with E-state index in [0.29, 0.717) is 0 Å². The van der Waals surface area contributed by atoms with E-state index in [-0.39, 0.29) is 0 Å². The van der Waals surface area contributed by atoms with E-state index >= 15 is 0 Å². The van der Waals surface area contributed by atoms with Crippen molar-refractivity contribution >= 4 is 0 Å². The van der Waals surface area contributed by atoms with E-state index in [9.17, 15) is 56.2 Å². The number of ether oxygens (including phenoxy) is 5. The van der Waals surface area contributed by atoms with Gasteiger partial charge < -0.3 is 79.9 Å². The molecule has 3 aliphatic heterocycles. The van der Waals surface area contributed by atoms with Crippen LogP contribution in [-0.4, -0.2) is 162 Å². The Morgan fingerprint density at radius 3 is 1.68 bits per heavy atom. The second kappa shape index (κ2) is 11.6. The number of aliphatic hydroxyl groups is 11. The molecule has 200 valence electrons. The first-order valence-electron chi connectivity index (χ1n) is 10.6. The van der Waals surface area contributed by atoms with Crippen molar-refractivity contribution in [3.05, 3.63) is 0 Å². The van der Waals surface area contributed by atoms with Crippen molar-refractivity contribution in [3.63, 3.8) is 0 Å². The predicted octanol–water partition coefficient (Wildman–Crippen LogP) is -7.37. The van der Waals surface area contributed by atoms with Gasteiger partial charge in [-0.05, 0) is 0 Å². The van der Waals surface area contributed by atoms with Crippen LogP contribution < -0.4 is 0 Å². The van der Waals surface area contributed by atoms with E-state index in [2.05, 4.69) is 0 Å². The van der Waals surface area contributed by atoms with E-state index in [4.69, 9.17) is 23.7 Å². The average molecular weight is 504 g/mol. The van der Waals surface area contributed by atoms with Crippen LogP contribution in [0.15, 0.2) is 0 Å². The number of rotatable bonds is 7. The highest BCUT2D eigenvalue weighted by atomic mass is 16.8. The zero-order valence-electron chi connectivity index (χ0n) is 17.7. The van der Waals surface area contributed by atoms with Crippen molar-refractivity contribution in [2.45, 2.75) is 86.2 Å². The lowest BCUT2D eigenvalue weighted by atomic mass is 9.93. The van der Waals surface area contributed by atoms with Gasteiger partial charge in [0.1, 0.15) is 54.9 Å². The molecule has 0 amide bonds. The van der Waals surface area contributed by atoms with Gasteiger partial charge in [0.2, 0.25) is 0 Å². The second-order valence-electron chi connectivity index (χ2n) is 8.36. The molecule has 0 spiro atoms. The molecule has 11 N–H and O–H groups in total. The van der Waals surface area contributed by atoms with E-state index in [1.54, 1.807) is 0 Å². The molecule has 3 heterocycles. The van der Waals surface area contributed by atoms with Crippen molar-refractivity contribution < 1.29 is 79.9 Å². The van der Waals surface area contributed by atoms with Crippen LogP contribution in [0.2, 0.25) is 0 Å². The van der Waals surface area contributed by atoms with E-state index in [0.717, 1.165) is 0 Å². The lowest BCUT2D eigenvalue weighted by Crippen LogP contribution is -2.65. The van der Waals surface area contributed by atoms with Crippen LogP contribution in [0.4, 0.5) is 0 Å². The molecule has 3 rings (SSSR count). The van der Waals surface area contributed by atoms with E-state index < -0.39 is 112 Å². The first-order chi connectivity index (χ1) is 16.0. The van der Waals surface area contributed by atoms with Gasteiger partial charge in [-0.3, -0.25) is 0 Å². The standard InChI is InChI=1S/C18H32O16/c19-1-4-7(22)14(33-18-12(27)9(24)8(23)5(2-20)31-18)16(29)34-17(4)32-13-6(3-21)30-15(28)11(26)10(13)25/h4-29H,1-3H2. The van der Waals surface area contributed by atoms with Gasteiger partial charge in [-0.1, -0.05) is 0 Å². The summed E-state index contributed by atoms with van der Waals surface area (Å²) in [5, 5.41) is 109. The lowest BCUT2D eigenvalue weighted by Gasteiger charge is -2.47. The highest BCUT2D eigenvalue weighted by molar-refractivity contribution is 4.94. The van der Waals surface area contributed by atoms with Gasteiger partial charge in [0.25, 0.3) is 0 Å². The fourth-order valence-corrected chi connectivity index (χ4v) is 4.09. The summed E-state index contributed by atoms with van der Waals surface area (Å²) in [5.41, 5.74) is 0. The quantitative estimate of drug-likeness (QED) is 0.154. The Bertz CT molecular complexity index is 637. The second-order valence-corrected chi connectivity index (χ2v) is 8.36. The molecule has 0 aromatic carbocycles. The molecule has 16 heteroatoms. The summed E-state index contributed by atoms with van der Waals surface area (Å²) in [6.07, 6.45) is -23.7. The highest BCUT2D eigenvalue weighted by Crippen LogP contribution is 2.34. The summed E-state index contributed by atoms with van der Waals surface area (Å²) in [6, 6.07) is 0. The summed E-state index contributed by atoms with van der Waals surface area (Å²) in [4.78, 5) is 0. The topological polar surface area (TPSA) is 269 Å². The third kappa shape index (κ3) is 5.37. The van der Waals surface area contributed by atoms with Crippen LogP contribution in [0.1, 0.15) is 0 Å². The molecule has 3 fully saturated rings. The summed E-state index contributed by atoms with van der Waals surface area (Å²) >= 11 is 0. The van der Waals surface area contributed by atoms with Gasteiger partial charge in [-0.2, -0.15) is 0 Å². The highest BCUT2D eigenvalue weighted by Gasteiger charge is 2.53. The molecule has 0 bridgehead atoms.